The zero-order chi connectivity index (χ0) is 12.5. The summed E-state index contributed by atoms with van der Waals surface area (Å²) in [5.74, 6) is 0. The summed E-state index contributed by atoms with van der Waals surface area (Å²) < 4.78 is 4.97. The molecule has 0 aliphatic heterocycles. The van der Waals surface area contributed by atoms with Gasteiger partial charge in [-0.3, -0.25) is 10.1 Å². The highest BCUT2D eigenvalue weighted by Crippen LogP contribution is 2.12. The van der Waals surface area contributed by atoms with Gasteiger partial charge < -0.3 is 10.1 Å². The van der Waals surface area contributed by atoms with Crippen molar-refractivity contribution in [3.8, 4) is 0 Å². The Bertz CT molecular complexity index is 380. The van der Waals surface area contributed by atoms with Crippen LogP contribution >= 0.6 is 0 Å². The Hall–Kier alpha value is -1.88. The lowest BCUT2D eigenvalue weighted by molar-refractivity contribution is -0.384. The molecular weight excluding hydrogens is 220 g/mol. The number of nitro groups is 1. The normalized spacial score (nSPS) is 9.88. The van der Waals surface area contributed by atoms with Gasteiger partial charge in [0.25, 0.3) is 5.69 Å². The minimum Gasteiger partial charge on any atom is -0.502 e. The van der Waals surface area contributed by atoms with E-state index in [1.165, 1.54) is 12.3 Å². The standard InChI is InChI=1S/C12H16N2O3/c1-2-17-8-4-7-13-10-11-5-3-6-12(9-11)14(15)16/h2-3,5-6,9,13H,1,4,7-8,10H2. The smallest absolute Gasteiger partial charge is 0.269 e. The quantitative estimate of drug-likeness (QED) is 0.325. The van der Waals surface area contributed by atoms with E-state index in [1.807, 2.05) is 6.07 Å². The largest absolute Gasteiger partial charge is 0.502 e. The molecule has 1 rings (SSSR count). The molecule has 1 aromatic rings. The maximum Gasteiger partial charge on any atom is 0.269 e. The summed E-state index contributed by atoms with van der Waals surface area (Å²) in [6.45, 7) is 5.50. The van der Waals surface area contributed by atoms with E-state index in [0.717, 1.165) is 18.5 Å². The molecule has 0 atom stereocenters. The third-order valence-corrected chi connectivity index (χ3v) is 2.18. The maximum atomic E-state index is 10.6. The van der Waals surface area contributed by atoms with Gasteiger partial charge in [-0.25, -0.2) is 0 Å². The predicted molar refractivity (Wildman–Crippen MR) is 65.6 cm³/mol. The molecule has 0 unspecified atom stereocenters. The van der Waals surface area contributed by atoms with E-state index in [-0.39, 0.29) is 10.6 Å². The molecule has 0 aliphatic carbocycles. The number of nitrogens with zero attached hydrogens (tertiary/aromatic N) is 1. The molecule has 17 heavy (non-hydrogen) atoms. The second kappa shape index (κ2) is 7.40. The Morgan fingerprint density at radius 3 is 3.06 bits per heavy atom. The van der Waals surface area contributed by atoms with Crippen LogP contribution in [-0.4, -0.2) is 18.1 Å². The van der Waals surface area contributed by atoms with Crippen molar-refractivity contribution in [2.45, 2.75) is 13.0 Å². The molecule has 1 aromatic carbocycles. The third kappa shape index (κ3) is 5.12. The molecule has 0 aromatic heterocycles. The Balaban J connectivity index is 2.29. The van der Waals surface area contributed by atoms with Crippen molar-refractivity contribution in [2.75, 3.05) is 13.2 Å². The first-order valence-electron chi connectivity index (χ1n) is 5.40. The monoisotopic (exact) mass is 236 g/mol. The van der Waals surface area contributed by atoms with Crippen LogP contribution < -0.4 is 5.32 Å². The van der Waals surface area contributed by atoms with Crippen LogP contribution in [0, 0.1) is 10.1 Å². The van der Waals surface area contributed by atoms with Gasteiger partial charge in [0.2, 0.25) is 0 Å². The molecule has 1 N–H and O–H groups in total. The predicted octanol–water partition coefficient (Wildman–Crippen LogP) is 2.23. The first-order chi connectivity index (χ1) is 8.24. The van der Waals surface area contributed by atoms with Crippen LogP contribution in [0.15, 0.2) is 37.1 Å². The number of ether oxygens (including phenoxy) is 1. The zero-order valence-electron chi connectivity index (χ0n) is 9.59. The van der Waals surface area contributed by atoms with Crippen LogP contribution in [0.25, 0.3) is 0 Å². The summed E-state index contributed by atoms with van der Waals surface area (Å²) in [7, 11) is 0. The summed E-state index contributed by atoms with van der Waals surface area (Å²) in [5, 5.41) is 13.8. The highest BCUT2D eigenvalue weighted by Gasteiger charge is 2.04. The van der Waals surface area contributed by atoms with Crippen LogP contribution in [-0.2, 0) is 11.3 Å². The van der Waals surface area contributed by atoms with E-state index >= 15 is 0 Å². The van der Waals surface area contributed by atoms with Crippen molar-refractivity contribution >= 4 is 5.69 Å². The number of hydrogen-bond acceptors (Lipinski definition) is 4. The van der Waals surface area contributed by atoms with Crippen molar-refractivity contribution < 1.29 is 9.66 Å². The van der Waals surface area contributed by atoms with Crippen molar-refractivity contribution in [3.63, 3.8) is 0 Å². The van der Waals surface area contributed by atoms with E-state index in [9.17, 15) is 10.1 Å². The number of nitro benzene ring substituents is 1. The van der Waals surface area contributed by atoms with Crippen LogP contribution in [0.1, 0.15) is 12.0 Å². The minimum absolute atomic E-state index is 0.124. The Kier molecular flexibility index (Phi) is 5.74. The van der Waals surface area contributed by atoms with Gasteiger partial charge in [-0.2, -0.15) is 0 Å². The topological polar surface area (TPSA) is 64.4 Å². The molecular formula is C12H16N2O3. The fourth-order valence-electron chi connectivity index (χ4n) is 1.38. The number of non-ortho nitro benzene ring substituents is 1. The van der Waals surface area contributed by atoms with Crippen LogP contribution in [0.5, 0.6) is 0 Å². The third-order valence-electron chi connectivity index (χ3n) is 2.18. The molecule has 5 heteroatoms. The van der Waals surface area contributed by atoms with Crippen molar-refractivity contribution in [2.24, 2.45) is 0 Å². The summed E-state index contributed by atoms with van der Waals surface area (Å²) in [6, 6.07) is 6.62. The maximum absolute atomic E-state index is 10.6. The zero-order valence-corrected chi connectivity index (χ0v) is 9.59. The first-order valence-corrected chi connectivity index (χ1v) is 5.40. The van der Waals surface area contributed by atoms with E-state index in [0.29, 0.717) is 13.2 Å². The molecule has 0 fully saturated rings. The summed E-state index contributed by atoms with van der Waals surface area (Å²) >= 11 is 0. The molecule has 0 aliphatic rings. The SMILES string of the molecule is C=COCCCNCc1cccc([N+](=O)[O-])c1. The van der Waals surface area contributed by atoms with E-state index in [1.54, 1.807) is 12.1 Å². The van der Waals surface area contributed by atoms with Gasteiger partial charge in [0.05, 0.1) is 17.8 Å². The van der Waals surface area contributed by atoms with Gasteiger partial charge in [0, 0.05) is 18.7 Å². The van der Waals surface area contributed by atoms with E-state index < -0.39 is 0 Å². The molecule has 0 saturated heterocycles. The molecule has 0 saturated carbocycles. The first kappa shape index (κ1) is 13.2. The average molecular weight is 236 g/mol. The van der Waals surface area contributed by atoms with Gasteiger partial charge in [-0.05, 0) is 18.5 Å². The summed E-state index contributed by atoms with van der Waals surface area (Å²) in [5.41, 5.74) is 1.03. The van der Waals surface area contributed by atoms with Crippen LogP contribution in [0.2, 0.25) is 0 Å². The van der Waals surface area contributed by atoms with Crippen molar-refractivity contribution in [1.82, 2.24) is 5.32 Å². The lowest BCUT2D eigenvalue weighted by Gasteiger charge is -2.04. The number of hydrogen-bond donors (Lipinski definition) is 1. The number of rotatable bonds is 8. The number of benzene rings is 1. The molecule has 92 valence electrons. The lowest BCUT2D eigenvalue weighted by Crippen LogP contribution is -2.16. The summed E-state index contributed by atoms with van der Waals surface area (Å²) in [4.78, 5) is 10.2. The summed E-state index contributed by atoms with van der Waals surface area (Å²) in [6.07, 6.45) is 2.29. The molecule has 0 bridgehead atoms. The molecule has 0 radical (unpaired) electrons. The Morgan fingerprint density at radius 1 is 1.53 bits per heavy atom. The van der Waals surface area contributed by atoms with Crippen LogP contribution in [0.4, 0.5) is 5.69 Å². The lowest BCUT2D eigenvalue weighted by atomic mass is 10.2. The molecule has 0 amide bonds. The highest BCUT2D eigenvalue weighted by molar-refractivity contribution is 5.34. The van der Waals surface area contributed by atoms with Gasteiger partial charge in [-0.1, -0.05) is 18.7 Å². The van der Waals surface area contributed by atoms with E-state index in [4.69, 9.17) is 4.74 Å². The Morgan fingerprint density at radius 2 is 2.35 bits per heavy atom. The minimum atomic E-state index is -0.387. The molecule has 5 nitrogen and oxygen atoms in total. The fraction of sp³-hybridized carbons (Fsp3) is 0.333. The van der Waals surface area contributed by atoms with Gasteiger partial charge >= 0.3 is 0 Å². The second-order valence-electron chi connectivity index (χ2n) is 3.49. The average Bonchev–Trinajstić information content (AvgIpc) is 2.34. The van der Waals surface area contributed by atoms with Gasteiger partial charge in [-0.15, -0.1) is 0 Å². The Labute approximate surface area is 100 Å². The van der Waals surface area contributed by atoms with E-state index in [2.05, 4.69) is 11.9 Å². The highest BCUT2D eigenvalue weighted by atomic mass is 16.6. The molecule has 0 heterocycles. The fourth-order valence-corrected chi connectivity index (χ4v) is 1.38. The van der Waals surface area contributed by atoms with Crippen molar-refractivity contribution in [1.29, 1.82) is 0 Å². The molecule has 0 spiro atoms. The second-order valence-corrected chi connectivity index (χ2v) is 3.49. The van der Waals surface area contributed by atoms with Gasteiger partial charge in [0.1, 0.15) is 0 Å². The van der Waals surface area contributed by atoms with Gasteiger partial charge in [0.15, 0.2) is 0 Å². The number of nitrogens with one attached hydrogen (secondary N) is 1. The van der Waals surface area contributed by atoms with Crippen LogP contribution in [0.3, 0.4) is 0 Å². The van der Waals surface area contributed by atoms with Crippen molar-refractivity contribution in [3.05, 3.63) is 52.8 Å².